The van der Waals surface area contributed by atoms with E-state index in [0.717, 1.165) is 11.1 Å². The van der Waals surface area contributed by atoms with E-state index >= 15 is 0 Å². The molecule has 0 fully saturated rings. The maximum absolute atomic E-state index is 12.4. The molecule has 0 saturated heterocycles. The molecular weight excluding hydrogens is 294 g/mol. The maximum atomic E-state index is 12.4. The van der Waals surface area contributed by atoms with E-state index < -0.39 is 5.92 Å². The first-order chi connectivity index (χ1) is 11.1. The van der Waals surface area contributed by atoms with Gasteiger partial charge in [0.1, 0.15) is 5.75 Å². The number of benzene rings is 1. The average Bonchev–Trinajstić information content (AvgIpc) is 2.52. The Morgan fingerprint density at radius 2 is 2.04 bits per heavy atom. The Kier molecular flexibility index (Phi) is 2.97. The molecule has 1 atom stereocenters. The van der Waals surface area contributed by atoms with E-state index in [-0.39, 0.29) is 17.9 Å². The molecule has 0 saturated carbocycles. The molecule has 1 aliphatic heterocycles. The summed E-state index contributed by atoms with van der Waals surface area (Å²) in [6.07, 6.45) is 3.33. The van der Waals surface area contributed by atoms with Gasteiger partial charge in [0.15, 0.2) is 0 Å². The number of fused-ring (bicyclic) bond motifs is 2. The summed E-state index contributed by atoms with van der Waals surface area (Å²) in [4.78, 5) is 35.9. The first-order valence-corrected chi connectivity index (χ1v) is 7.27. The van der Waals surface area contributed by atoms with Crippen LogP contribution in [0.1, 0.15) is 29.2 Å². The predicted octanol–water partition coefficient (Wildman–Crippen LogP) is 2.07. The fourth-order valence-electron chi connectivity index (χ4n) is 3.08. The van der Waals surface area contributed by atoms with Crippen LogP contribution in [-0.2, 0) is 4.79 Å². The van der Waals surface area contributed by atoms with Crippen molar-refractivity contribution in [2.45, 2.75) is 19.3 Å². The molecule has 0 radical (unpaired) electrons. The lowest BCUT2D eigenvalue weighted by Gasteiger charge is -2.24. The number of carbonyl (C=O) groups excluding carboxylic acids is 1. The molecule has 3 aromatic rings. The minimum Gasteiger partial charge on any atom is -0.426 e. The summed E-state index contributed by atoms with van der Waals surface area (Å²) in [5.74, 6) is -0.419. The molecule has 0 spiro atoms. The van der Waals surface area contributed by atoms with Gasteiger partial charge in [-0.15, -0.1) is 0 Å². The molecule has 0 unspecified atom stereocenters. The molecule has 4 rings (SSSR count). The van der Waals surface area contributed by atoms with E-state index in [1.165, 1.54) is 0 Å². The Hall–Kier alpha value is -3.02. The zero-order valence-electron chi connectivity index (χ0n) is 12.4. The minimum absolute atomic E-state index is 0.106. The third kappa shape index (κ3) is 2.19. The number of para-hydroxylation sites is 1. The van der Waals surface area contributed by atoms with Crippen molar-refractivity contribution in [1.82, 2.24) is 15.0 Å². The van der Waals surface area contributed by atoms with Gasteiger partial charge in [-0.1, -0.05) is 12.1 Å². The molecule has 1 aromatic carbocycles. The summed E-state index contributed by atoms with van der Waals surface area (Å²) in [7, 11) is 0. The van der Waals surface area contributed by atoms with Gasteiger partial charge in [0.05, 0.1) is 23.0 Å². The number of hydrogen-bond donors (Lipinski definition) is 1. The number of aromatic amines is 1. The number of hydrogen-bond acceptors (Lipinski definition) is 5. The number of pyridine rings is 1. The number of esters is 1. The van der Waals surface area contributed by atoms with E-state index in [0.29, 0.717) is 22.5 Å². The molecule has 0 amide bonds. The molecule has 23 heavy (non-hydrogen) atoms. The van der Waals surface area contributed by atoms with Crippen molar-refractivity contribution in [3.63, 3.8) is 0 Å². The zero-order valence-corrected chi connectivity index (χ0v) is 12.4. The molecular formula is C17H13N3O3. The summed E-state index contributed by atoms with van der Waals surface area (Å²) in [5, 5.41) is 0. The Morgan fingerprint density at radius 3 is 2.91 bits per heavy atom. The second-order valence-corrected chi connectivity index (χ2v) is 5.56. The van der Waals surface area contributed by atoms with Crippen LogP contribution in [0.3, 0.4) is 0 Å². The highest BCUT2D eigenvalue weighted by Gasteiger charge is 2.32. The van der Waals surface area contributed by atoms with Crippen molar-refractivity contribution >= 4 is 17.0 Å². The molecule has 6 heteroatoms. The quantitative estimate of drug-likeness (QED) is 0.696. The van der Waals surface area contributed by atoms with E-state index in [9.17, 15) is 9.59 Å². The average molecular weight is 307 g/mol. The van der Waals surface area contributed by atoms with Gasteiger partial charge in [-0.25, -0.2) is 0 Å². The number of nitrogens with zero attached hydrogens (tertiary/aromatic N) is 2. The molecule has 0 bridgehead atoms. The number of ether oxygens (including phenoxy) is 1. The van der Waals surface area contributed by atoms with E-state index in [1.807, 2.05) is 18.2 Å². The lowest BCUT2D eigenvalue weighted by atomic mass is 9.86. The van der Waals surface area contributed by atoms with Crippen LogP contribution in [0.25, 0.3) is 11.0 Å². The fourth-order valence-corrected chi connectivity index (χ4v) is 3.08. The van der Waals surface area contributed by atoms with Crippen LogP contribution in [0, 0.1) is 6.92 Å². The number of rotatable bonds is 1. The summed E-state index contributed by atoms with van der Waals surface area (Å²) in [6.45, 7) is 1.75. The van der Waals surface area contributed by atoms with Crippen molar-refractivity contribution < 1.29 is 9.53 Å². The standard InChI is InChI=1S/C17H13N3O3/c1-9-7-13-15(17(22)20-9)11(8-14(21)23-13)10-3-2-4-12-16(10)19-6-5-18-12/h2-7,11H,8H2,1H3,(H,20,22)/t11-/m1/s1. The number of nitrogens with one attached hydrogen (secondary N) is 1. The number of aromatic nitrogens is 3. The molecule has 1 N–H and O–H groups in total. The van der Waals surface area contributed by atoms with Gasteiger partial charge in [0, 0.05) is 30.1 Å². The van der Waals surface area contributed by atoms with Crippen LogP contribution in [0.2, 0.25) is 0 Å². The van der Waals surface area contributed by atoms with Gasteiger partial charge >= 0.3 is 5.97 Å². The normalized spacial score (nSPS) is 16.9. The van der Waals surface area contributed by atoms with Crippen molar-refractivity contribution in [3.8, 4) is 5.75 Å². The lowest BCUT2D eigenvalue weighted by molar-refractivity contribution is -0.135. The molecule has 3 heterocycles. The molecule has 114 valence electrons. The second-order valence-electron chi connectivity index (χ2n) is 5.56. The third-order valence-corrected chi connectivity index (χ3v) is 4.02. The SMILES string of the molecule is Cc1cc2c(c(=O)[nH]1)[C@@H](c1cccc3nccnc13)CC(=O)O2. The predicted molar refractivity (Wildman–Crippen MR) is 83.4 cm³/mol. The minimum atomic E-state index is -0.393. The Bertz CT molecular complexity index is 989. The largest absolute Gasteiger partial charge is 0.426 e. The fraction of sp³-hybridized carbons (Fsp3) is 0.176. The van der Waals surface area contributed by atoms with Gasteiger partial charge in [0.2, 0.25) is 0 Å². The Labute approximate surface area is 131 Å². The van der Waals surface area contributed by atoms with Gasteiger partial charge in [-0.05, 0) is 18.6 Å². The van der Waals surface area contributed by atoms with E-state index in [4.69, 9.17) is 4.74 Å². The highest BCUT2D eigenvalue weighted by molar-refractivity contribution is 5.83. The highest BCUT2D eigenvalue weighted by atomic mass is 16.5. The van der Waals surface area contributed by atoms with Crippen molar-refractivity contribution in [2.24, 2.45) is 0 Å². The van der Waals surface area contributed by atoms with Crippen LogP contribution < -0.4 is 10.3 Å². The monoisotopic (exact) mass is 307 g/mol. The van der Waals surface area contributed by atoms with Crippen LogP contribution in [0.15, 0.2) is 41.5 Å². The lowest BCUT2D eigenvalue weighted by Crippen LogP contribution is -2.28. The van der Waals surface area contributed by atoms with Crippen LogP contribution >= 0.6 is 0 Å². The van der Waals surface area contributed by atoms with Gasteiger partial charge < -0.3 is 9.72 Å². The van der Waals surface area contributed by atoms with E-state index in [2.05, 4.69) is 15.0 Å². The Morgan fingerprint density at radius 1 is 1.22 bits per heavy atom. The third-order valence-electron chi connectivity index (χ3n) is 4.02. The van der Waals surface area contributed by atoms with Crippen LogP contribution in [0.5, 0.6) is 5.75 Å². The second kappa shape index (κ2) is 5.01. The summed E-state index contributed by atoms with van der Waals surface area (Å²) in [5.41, 5.74) is 3.11. The summed E-state index contributed by atoms with van der Waals surface area (Å²) in [6, 6.07) is 7.27. The van der Waals surface area contributed by atoms with Gasteiger partial charge in [-0.3, -0.25) is 19.6 Å². The Balaban J connectivity index is 2.00. The van der Waals surface area contributed by atoms with Crippen molar-refractivity contribution in [2.75, 3.05) is 0 Å². The topological polar surface area (TPSA) is 84.9 Å². The highest BCUT2D eigenvalue weighted by Crippen LogP contribution is 2.38. The van der Waals surface area contributed by atoms with Gasteiger partial charge in [0.25, 0.3) is 5.56 Å². The zero-order chi connectivity index (χ0) is 16.0. The molecule has 1 aliphatic rings. The number of H-pyrrole nitrogens is 1. The summed E-state index contributed by atoms with van der Waals surface area (Å²) >= 11 is 0. The summed E-state index contributed by atoms with van der Waals surface area (Å²) < 4.78 is 5.26. The number of carbonyl (C=O) groups is 1. The van der Waals surface area contributed by atoms with Gasteiger partial charge in [-0.2, -0.15) is 0 Å². The molecule has 2 aromatic heterocycles. The van der Waals surface area contributed by atoms with Crippen LogP contribution in [0.4, 0.5) is 0 Å². The molecule has 6 nitrogen and oxygen atoms in total. The van der Waals surface area contributed by atoms with Crippen molar-refractivity contribution in [1.29, 1.82) is 0 Å². The maximum Gasteiger partial charge on any atom is 0.312 e. The van der Waals surface area contributed by atoms with E-state index in [1.54, 1.807) is 25.4 Å². The smallest absolute Gasteiger partial charge is 0.312 e. The number of aryl methyl sites for hydroxylation is 1. The first kappa shape index (κ1) is 13.6. The van der Waals surface area contributed by atoms with Crippen LogP contribution in [-0.4, -0.2) is 20.9 Å². The van der Waals surface area contributed by atoms with Crippen molar-refractivity contribution in [3.05, 3.63) is 63.8 Å². The first-order valence-electron chi connectivity index (χ1n) is 7.27. The molecule has 0 aliphatic carbocycles.